The third-order valence-electron chi connectivity index (χ3n) is 3.67. The summed E-state index contributed by atoms with van der Waals surface area (Å²) in [4.78, 5) is 15.4. The molecule has 3 heteroatoms. The maximum atomic E-state index is 12.3. The van der Waals surface area contributed by atoms with E-state index in [1.165, 1.54) is 12.8 Å². The Balaban J connectivity index is 2.03. The van der Waals surface area contributed by atoms with Crippen molar-refractivity contribution in [1.29, 1.82) is 0 Å². The molecular weight excluding hydrogens is 250 g/mol. The van der Waals surface area contributed by atoms with Crippen LogP contribution in [-0.4, -0.2) is 17.1 Å². The normalized spacial score (nSPS) is 12.5. The molecule has 1 aromatic carbocycles. The van der Waals surface area contributed by atoms with Crippen LogP contribution in [0.2, 0.25) is 0 Å². The van der Waals surface area contributed by atoms with Crippen LogP contribution in [0, 0.1) is 0 Å². The molecule has 1 unspecified atom stereocenters. The van der Waals surface area contributed by atoms with Crippen molar-refractivity contribution in [2.24, 2.45) is 0 Å². The van der Waals surface area contributed by atoms with E-state index in [2.05, 4.69) is 18.8 Å². The summed E-state index contributed by atoms with van der Waals surface area (Å²) in [6.07, 6.45) is 7.11. The maximum absolute atomic E-state index is 12.3. The number of rotatable bonds is 7. The zero-order valence-electron chi connectivity index (χ0n) is 12.3. The fourth-order valence-electron chi connectivity index (χ4n) is 2.42. The molecule has 0 spiro atoms. The first kappa shape index (κ1) is 14.6. The molecule has 2 aromatic rings. The van der Waals surface area contributed by atoms with E-state index in [1.807, 2.05) is 24.3 Å². The zero-order chi connectivity index (χ0) is 14.4. The van der Waals surface area contributed by atoms with Crippen molar-refractivity contribution in [2.45, 2.75) is 52.1 Å². The highest BCUT2D eigenvalue weighted by atomic mass is 16.5. The van der Waals surface area contributed by atoms with E-state index in [9.17, 15) is 4.79 Å². The van der Waals surface area contributed by atoms with Gasteiger partial charge < -0.3 is 9.72 Å². The first-order valence-corrected chi connectivity index (χ1v) is 7.53. The summed E-state index contributed by atoms with van der Waals surface area (Å²) < 4.78 is 5.64. The molecule has 2 rings (SSSR count). The van der Waals surface area contributed by atoms with Crippen LogP contribution in [-0.2, 0) is 4.74 Å². The number of esters is 1. The predicted molar refractivity (Wildman–Crippen MR) is 81.9 cm³/mol. The Morgan fingerprint density at radius 2 is 2.05 bits per heavy atom. The standard InChI is InChI=1S/C17H23NO2/c1-3-5-6-9-13(4-2)20-17(19)15-12-18-16-11-8-7-10-14(15)16/h7-8,10-13,18H,3-6,9H2,1-2H3. The molecule has 1 atom stereocenters. The van der Waals surface area contributed by atoms with Gasteiger partial charge in [0.25, 0.3) is 0 Å². The van der Waals surface area contributed by atoms with Gasteiger partial charge in [0.05, 0.1) is 5.56 Å². The van der Waals surface area contributed by atoms with Crippen LogP contribution in [0.5, 0.6) is 0 Å². The van der Waals surface area contributed by atoms with Gasteiger partial charge in [0, 0.05) is 17.1 Å². The molecule has 0 aliphatic carbocycles. The van der Waals surface area contributed by atoms with Crippen LogP contribution in [0.25, 0.3) is 10.9 Å². The molecule has 1 N–H and O–H groups in total. The molecule has 0 fully saturated rings. The van der Waals surface area contributed by atoms with Gasteiger partial charge in [-0.1, -0.05) is 44.9 Å². The van der Waals surface area contributed by atoms with Crippen molar-refractivity contribution < 1.29 is 9.53 Å². The van der Waals surface area contributed by atoms with Crippen molar-refractivity contribution in [3.63, 3.8) is 0 Å². The van der Waals surface area contributed by atoms with E-state index in [0.29, 0.717) is 5.56 Å². The number of hydrogen-bond acceptors (Lipinski definition) is 2. The Bertz CT molecular complexity index is 559. The number of fused-ring (bicyclic) bond motifs is 1. The lowest BCUT2D eigenvalue weighted by Gasteiger charge is -2.15. The summed E-state index contributed by atoms with van der Waals surface area (Å²) in [5, 5.41) is 0.931. The number of unbranched alkanes of at least 4 members (excludes halogenated alkanes) is 2. The average molecular weight is 273 g/mol. The van der Waals surface area contributed by atoms with Crippen molar-refractivity contribution in [3.05, 3.63) is 36.0 Å². The van der Waals surface area contributed by atoms with E-state index < -0.39 is 0 Å². The molecule has 1 heterocycles. The van der Waals surface area contributed by atoms with Gasteiger partial charge in [0.15, 0.2) is 0 Å². The number of ether oxygens (including phenoxy) is 1. The van der Waals surface area contributed by atoms with E-state index in [1.54, 1.807) is 6.20 Å². The van der Waals surface area contributed by atoms with Crippen LogP contribution < -0.4 is 0 Å². The molecule has 1 aromatic heterocycles. The molecule has 3 nitrogen and oxygen atoms in total. The highest BCUT2D eigenvalue weighted by Crippen LogP contribution is 2.20. The number of carbonyl (C=O) groups excluding carboxylic acids is 1. The summed E-state index contributed by atoms with van der Waals surface area (Å²) in [6, 6.07) is 7.80. The Labute approximate surface area is 120 Å². The second-order valence-electron chi connectivity index (χ2n) is 5.18. The van der Waals surface area contributed by atoms with Gasteiger partial charge in [-0.05, 0) is 25.3 Å². The van der Waals surface area contributed by atoms with Crippen LogP contribution in [0.3, 0.4) is 0 Å². The van der Waals surface area contributed by atoms with Gasteiger partial charge in [-0.15, -0.1) is 0 Å². The third-order valence-corrected chi connectivity index (χ3v) is 3.67. The molecule has 108 valence electrons. The Hall–Kier alpha value is -1.77. The van der Waals surface area contributed by atoms with Gasteiger partial charge in [-0.2, -0.15) is 0 Å². The minimum atomic E-state index is -0.217. The Morgan fingerprint density at radius 1 is 1.25 bits per heavy atom. The minimum absolute atomic E-state index is 0.0303. The number of nitrogens with one attached hydrogen (secondary N) is 1. The molecule has 0 bridgehead atoms. The smallest absolute Gasteiger partial charge is 0.340 e. The number of aromatic amines is 1. The van der Waals surface area contributed by atoms with Gasteiger partial charge >= 0.3 is 5.97 Å². The van der Waals surface area contributed by atoms with Crippen LogP contribution in [0.15, 0.2) is 30.5 Å². The van der Waals surface area contributed by atoms with E-state index in [0.717, 1.165) is 30.2 Å². The highest BCUT2D eigenvalue weighted by Gasteiger charge is 2.17. The molecule has 0 amide bonds. The highest BCUT2D eigenvalue weighted by molar-refractivity contribution is 6.04. The van der Waals surface area contributed by atoms with E-state index in [-0.39, 0.29) is 12.1 Å². The second-order valence-corrected chi connectivity index (χ2v) is 5.18. The van der Waals surface area contributed by atoms with E-state index in [4.69, 9.17) is 4.74 Å². The summed E-state index contributed by atoms with van der Waals surface area (Å²) in [5.74, 6) is -0.217. The molecule has 0 saturated heterocycles. The minimum Gasteiger partial charge on any atom is -0.459 e. The fraction of sp³-hybridized carbons (Fsp3) is 0.471. The molecule has 0 radical (unpaired) electrons. The van der Waals surface area contributed by atoms with Crippen molar-refractivity contribution >= 4 is 16.9 Å². The van der Waals surface area contributed by atoms with Gasteiger partial charge in [-0.3, -0.25) is 0 Å². The van der Waals surface area contributed by atoms with Crippen molar-refractivity contribution in [3.8, 4) is 0 Å². The SMILES string of the molecule is CCCCCC(CC)OC(=O)c1c[nH]c2ccccc12. The van der Waals surface area contributed by atoms with Crippen molar-refractivity contribution in [2.75, 3.05) is 0 Å². The predicted octanol–water partition coefficient (Wildman–Crippen LogP) is 4.68. The first-order chi connectivity index (χ1) is 9.76. The summed E-state index contributed by atoms with van der Waals surface area (Å²) >= 11 is 0. The fourth-order valence-corrected chi connectivity index (χ4v) is 2.42. The van der Waals surface area contributed by atoms with Crippen LogP contribution >= 0.6 is 0 Å². The molecule has 0 aliphatic rings. The number of benzene rings is 1. The third kappa shape index (κ3) is 3.41. The monoisotopic (exact) mass is 273 g/mol. The number of para-hydroxylation sites is 1. The summed E-state index contributed by atoms with van der Waals surface area (Å²) in [6.45, 7) is 4.25. The molecular formula is C17H23NO2. The average Bonchev–Trinajstić information content (AvgIpc) is 2.90. The summed E-state index contributed by atoms with van der Waals surface area (Å²) in [7, 11) is 0. The topological polar surface area (TPSA) is 42.1 Å². The number of H-pyrrole nitrogens is 1. The van der Waals surface area contributed by atoms with Gasteiger partial charge in [0.2, 0.25) is 0 Å². The summed E-state index contributed by atoms with van der Waals surface area (Å²) in [5.41, 5.74) is 1.60. The second kappa shape index (κ2) is 7.13. The van der Waals surface area contributed by atoms with Gasteiger partial charge in [0.1, 0.15) is 6.10 Å². The van der Waals surface area contributed by atoms with Crippen LogP contribution in [0.1, 0.15) is 56.3 Å². The number of carbonyl (C=O) groups is 1. The number of aromatic nitrogens is 1. The maximum Gasteiger partial charge on any atom is 0.340 e. The quantitative estimate of drug-likeness (QED) is 0.587. The largest absolute Gasteiger partial charge is 0.459 e. The van der Waals surface area contributed by atoms with E-state index >= 15 is 0 Å². The lowest BCUT2D eigenvalue weighted by Crippen LogP contribution is -2.17. The Morgan fingerprint density at radius 3 is 2.80 bits per heavy atom. The molecule has 0 aliphatic heterocycles. The van der Waals surface area contributed by atoms with Crippen molar-refractivity contribution in [1.82, 2.24) is 4.98 Å². The van der Waals surface area contributed by atoms with Gasteiger partial charge in [-0.25, -0.2) is 4.79 Å². The molecule has 20 heavy (non-hydrogen) atoms. The zero-order valence-corrected chi connectivity index (χ0v) is 12.3. The number of hydrogen-bond donors (Lipinski definition) is 1. The Kier molecular flexibility index (Phi) is 5.22. The first-order valence-electron chi connectivity index (χ1n) is 7.53. The van der Waals surface area contributed by atoms with Crippen LogP contribution in [0.4, 0.5) is 0 Å². The molecule has 0 saturated carbocycles. The lowest BCUT2D eigenvalue weighted by atomic mass is 10.1. The lowest BCUT2D eigenvalue weighted by molar-refractivity contribution is 0.0269.